The third-order valence-corrected chi connectivity index (χ3v) is 4.81. The van der Waals surface area contributed by atoms with Gasteiger partial charge in [-0.2, -0.15) is 13.2 Å². The largest absolute Gasteiger partial charge is 0.497 e. The van der Waals surface area contributed by atoms with Gasteiger partial charge in [0.1, 0.15) is 5.75 Å². The zero-order valence-corrected chi connectivity index (χ0v) is 16.4. The van der Waals surface area contributed by atoms with E-state index >= 15 is 0 Å². The smallest absolute Gasteiger partial charge is 0.401 e. The molecule has 0 aromatic heterocycles. The molecule has 1 aliphatic rings. The Bertz CT molecular complexity index is 629. The van der Waals surface area contributed by atoms with Crippen LogP contribution in [0.3, 0.4) is 0 Å². The van der Waals surface area contributed by atoms with E-state index in [-0.39, 0.29) is 11.5 Å². The first-order valence-corrected chi connectivity index (χ1v) is 9.04. The number of likely N-dealkylation sites (tertiary alicyclic amines) is 1. The summed E-state index contributed by atoms with van der Waals surface area (Å²) in [5, 5.41) is 6.53. The monoisotopic (exact) mass is 386 g/mol. The molecule has 0 saturated carbocycles. The molecular weight excluding hydrogens is 357 g/mol. The number of rotatable bonds is 6. The Hall–Kier alpha value is -1.96. The van der Waals surface area contributed by atoms with Gasteiger partial charge in [-0.1, -0.05) is 26.0 Å². The van der Waals surface area contributed by atoms with Crippen molar-refractivity contribution in [2.24, 2.45) is 4.99 Å². The van der Waals surface area contributed by atoms with Crippen LogP contribution in [0.25, 0.3) is 0 Å². The van der Waals surface area contributed by atoms with Crippen LogP contribution < -0.4 is 15.4 Å². The molecule has 0 amide bonds. The second-order valence-corrected chi connectivity index (χ2v) is 7.52. The Morgan fingerprint density at radius 3 is 2.48 bits per heavy atom. The van der Waals surface area contributed by atoms with Crippen molar-refractivity contribution in [3.05, 3.63) is 29.8 Å². The summed E-state index contributed by atoms with van der Waals surface area (Å²) in [6.45, 7) is 4.82. The summed E-state index contributed by atoms with van der Waals surface area (Å²) < 4.78 is 42.7. The number of ether oxygens (including phenoxy) is 1. The fraction of sp³-hybridized carbons (Fsp3) is 0.632. The lowest BCUT2D eigenvalue weighted by Gasteiger charge is -2.28. The van der Waals surface area contributed by atoms with Crippen LogP contribution in [0, 0.1) is 0 Å². The number of hydrogen-bond acceptors (Lipinski definition) is 3. The molecule has 0 radical (unpaired) electrons. The topological polar surface area (TPSA) is 48.9 Å². The molecule has 1 saturated heterocycles. The number of benzene rings is 1. The molecule has 2 N–H and O–H groups in total. The first kappa shape index (κ1) is 21.3. The second kappa shape index (κ2) is 8.82. The van der Waals surface area contributed by atoms with Crippen LogP contribution in [0.2, 0.25) is 0 Å². The van der Waals surface area contributed by atoms with Gasteiger partial charge in [0, 0.05) is 38.1 Å². The van der Waals surface area contributed by atoms with E-state index in [4.69, 9.17) is 4.74 Å². The summed E-state index contributed by atoms with van der Waals surface area (Å²) >= 11 is 0. The average Bonchev–Trinajstić information content (AvgIpc) is 3.03. The lowest BCUT2D eigenvalue weighted by atomic mass is 9.84. The molecule has 1 fully saturated rings. The Labute approximate surface area is 159 Å². The van der Waals surface area contributed by atoms with Crippen molar-refractivity contribution < 1.29 is 17.9 Å². The highest BCUT2D eigenvalue weighted by Gasteiger charge is 2.34. The molecule has 0 spiro atoms. The highest BCUT2D eigenvalue weighted by molar-refractivity contribution is 5.80. The van der Waals surface area contributed by atoms with Crippen LogP contribution in [-0.2, 0) is 5.41 Å². The van der Waals surface area contributed by atoms with Gasteiger partial charge in [-0.05, 0) is 24.1 Å². The summed E-state index contributed by atoms with van der Waals surface area (Å²) in [4.78, 5) is 5.63. The molecule has 1 aromatic carbocycles. The molecule has 2 rings (SSSR count). The Morgan fingerprint density at radius 1 is 1.26 bits per heavy atom. The molecule has 1 heterocycles. The normalized spacial score (nSPS) is 19.2. The molecule has 0 bridgehead atoms. The zero-order valence-electron chi connectivity index (χ0n) is 16.4. The van der Waals surface area contributed by atoms with Gasteiger partial charge in [0.05, 0.1) is 13.7 Å². The molecule has 0 aliphatic carbocycles. The Kier molecular flexibility index (Phi) is 6.97. The minimum atomic E-state index is -4.16. The van der Waals surface area contributed by atoms with Crippen LogP contribution in [0.5, 0.6) is 5.75 Å². The molecule has 152 valence electrons. The second-order valence-electron chi connectivity index (χ2n) is 7.52. The van der Waals surface area contributed by atoms with Gasteiger partial charge in [0.15, 0.2) is 5.96 Å². The third-order valence-electron chi connectivity index (χ3n) is 4.81. The van der Waals surface area contributed by atoms with E-state index in [1.165, 1.54) is 4.90 Å². The van der Waals surface area contributed by atoms with Crippen LogP contribution in [0.1, 0.15) is 25.8 Å². The minimum Gasteiger partial charge on any atom is -0.497 e. The predicted octanol–water partition coefficient (Wildman–Crippen LogP) is 2.77. The van der Waals surface area contributed by atoms with E-state index in [0.717, 1.165) is 11.3 Å². The quantitative estimate of drug-likeness (QED) is 0.583. The maximum absolute atomic E-state index is 12.5. The van der Waals surface area contributed by atoms with E-state index in [2.05, 4.69) is 29.5 Å². The van der Waals surface area contributed by atoms with Gasteiger partial charge in [-0.3, -0.25) is 9.89 Å². The van der Waals surface area contributed by atoms with E-state index in [9.17, 15) is 13.2 Å². The van der Waals surface area contributed by atoms with Crippen molar-refractivity contribution >= 4 is 5.96 Å². The molecule has 1 aromatic rings. The van der Waals surface area contributed by atoms with Crippen LogP contribution >= 0.6 is 0 Å². The first-order valence-electron chi connectivity index (χ1n) is 9.04. The van der Waals surface area contributed by atoms with Crippen LogP contribution in [-0.4, -0.2) is 63.4 Å². The van der Waals surface area contributed by atoms with E-state index in [0.29, 0.717) is 32.0 Å². The number of aliphatic imine (C=N–C) groups is 1. The van der Waals surface area contributed by atoms with Crippen molar-refractivity contribution in [3.63, 3.8) is 0 Å². The van der Waals surface area contributed by atoms with Crippen molar-refractivity contribution in [1.82, 2.24) is 15.5 Å². The lowest BCUT2D eigenvalue weighted by molar-refractivity contribution is -0.143. The number of guanidine groups is 1. The SMILES string of the molecule is CN=C(NCC(C)(C)c1ccc(OC)cc1)NC1CCN(CC(F)(F)F)C1. The van der Waals surface area contributed by atoms with Crippen molar-refractivity contribution in [1.29, 1.82) is 0 Å². The van der Waals surface area contributed by atoms with Gasteiger partial charge in [0.2, 0.25) is 0 Å². The summed E-state index contributed by atoms with van der Waals surface area (Å²) in [7, 11) is 3.30. The van der Waals surface area contributed by atoms with Crippen molar-refractivity contribution in [3.8, 4) is 5.75 Å². The molecule has 1 aliphatic heterocycles. The predicted molar refractivity (Wildman–Crippen MR) is 101 cm³/mol. The zero-order chi connectivity index (χ0) is 20.1. The number of nitrogens with zero attached hydrogens (tertiary/aromatic N) is 2. The highest BCUT2D eigenvalue weighted by Crippen LogP contribution is 2.24. The van der Waals surface area contributed by atoms with Gasteiger partial charge < -0.3 is 15.4 Å². The maximum Gasteiger partial charge on any atom is 0.401 e. The van der Waals surface area contributed by atoms with E-state index in [1.54, 1.807) is 14.2 Å². The van der Waals surface area contributed by atoms with Crippen LogP contribution in [0.15, 0.2) is 29.3 Å². The summed E-state index contributed by atoms with van der Waals surface area (Å²) in [6, 6.07) is 7.88. The number of halogens is 3. The Balaban J connectivity index is 1.86. The fourth-order valence-corrected chi connectivity index (χ4v) is 3.18. The summed E-state index contributed by atoms with van der Waals surface area (Å²) in [6.07, 6.45) is -3.49. The van der Waals surface area contributed by atoms with Gasteiger partial charge in [-0.15, -0.1) is 0 Å². The molecule has 1 unspecified atom stereocenters. The maximum atomic E-state index is 12.5. The fourth-order valence-electron chi connectivity index (χ4n) is 3.18. The lowest BCUT2D eigenvalue weighted by Crippen LogP contribution is -2.48. The number of hydrogen-bond donors (Lipinski definition) is 2. The molecule has 5 nitrogen and oxygen atoms in total. The van der Waals surface area contributed by atoms with E-state index < -0.39 is 12.7 Å². The van der Waals surface area contributed by atoms with Crippen LogP contribution in [0.4, 0.5) is 13.2 Å². The average molecular weight is 386 g/mol. The van der Waals surface area contributed by atoms with Gasteiger partial charge in [-0.25, -0.2) is 0 Å². The highest BCUT2D eigenvalue weighted by atomic mass is 19.4. The summed E-state index contributed by atoms with van der Waals surface area (Å²) in [5.74, 6) is 1.42. The first-order chi connectivity index (χ1) is 12.6. The molecular formula is C19H29F3N4O. The van der Waals surface area contributed by atoms with Crippen molar-refractivity contribution in [2.45, 2.75) is 37.9 Å². The number of alkyl halides is 3. The third kappa shape index (κ3) is 6.61. The molecule has 1 atom stereocenters. The summed E-state index contributed by atoms with van der Waals surface area (Å²) in [5.41, 5.74) is 1.01. The number of nitrogens with one attached hydrogen (secondary N) is 2. The van der Waals surface area contributed by atoms with Gasteiger partial charge in [0.25, 0.3) is 0 Å². The Morgan fingerprint density at radius 2 is 1.93 bits per heavy atom. The molecule has 8 heteroatoms. The standard InChI is InChI=1S/C19H29F3N4O/c1-18(2,14-5-7-16(27-4)8-6-14)12-24-17(23-3)25-15-9-10-26(11-15)13-19(20,21)22/h5-8,15H,9-13H2,1-4H3,(H2,23,24,25). The minimum absolute atomic E-state index is 0.0392. The van der Waals surface area contributed by atoms with E-state index in [1.807, 2.05) is 24.3 Å². The molecule has 27 heavy (non-hydrogen) atoms. The van der Waals surface area contributed by atoms with Gasteiger partial charge >= 0.3 is 6.18 Å². The number of methoxy groups -OCH3 is 1. The van der Waals surface area contributed by atoms with Crippen molar-refractivity contribution in [2.75, 3.05) is 40.3 Å².